The Bertz CT molecular complexity index is 886. The van der Waals surface area contributed by atoms with Gasteiger partial charge in [0.2, 0.25) is 0 Å². The van der Waals surface area contributed by atoms with Crippen molar-refractivity contribution in [3.8, 4) is 11.1 Å². The van der Waals surface area contributed by atoms with Crippen LogP contribution in [-0.2, 0) is 6.54 Å². The molecule has 0 spiro atoms. The van der Waals surface area contributed by atoms with Crippen LogP contribution in [0, 0.1) is 12.7 Å². The van der Waals surface area contributed by atoms with Gasteiger partial charge in [-0.1, -0.05) is 48.0 Å². The smallest absolute Gasteiger partial charge is 0.127 e. The van der Waals surface area contributed by atoms with Gasteiger partial charge in [-0.05, 0) is 37.9 Å². The Morgan fingerprint density at radius 2 is 2.08 bits per heavy atom. The fraction of sp³-hybridized carbons (Fsp3) is 0.318. The number of nitrogens with zero attached hydrogens (tertiary/aromatic N) is 2. The molecule has 134 valence electrons. The van der Waals surface area contributed by atoms with Crippen LogP contribution in [0.3, 0.4) is 0 Å². The van der Waals surface area contributed by atoms with Gasteiger partial charge in [0, 0.05) is 35.8 Å². The zero-order valence-electron chi connectivity index (χ0n) is 15.1. The van der Waals surface area contributed by atoms with Crippen LogP contribution in [0.15, 0.2) is 54.7 Å². The van der Waals surface area contributed by atoms with E-state index >= 15 is 0 Å². The van der Waals surface area contributed by atoms with Crippen LogP contribution in [0.2, 0.25) is 0 Å². The van der Waals surface area contributed by atoms with Gasteiger partial charge < -0.3 is 0 Å². The van der Waals surface area contributed by atoms with E-state index in [4.69, 9.17) is 0 Å². The van der Waals surface area contributed by atoms with Gasteiger partial charge in [0.15, 0.2) is 0 Å². The van der Waals surface area contributed by atoms with Crippen LogP contribution < -0.4 is 0 Å². The number of hydrogen-bond acceptors (Lipinski definition) is 2. The molecule has 1 fully saturated rings. The second-order valence-corrected chi connectivity index (χ2v) is 7.23. The normalized spacial score (nSPS) is 18.2. The summed E-state index contributed by atoms with van der Waals surface area (Å²) in [6.45, 7) is 4.71. The summed E-state index contributed by atoms with van der Waals surface area (Å²) < 4.78 is 14.0. The average Bonchev–Trinajstić information content (AvgIpc) is 3.14. The highest BCUT2D eigenvalue weighted by Gasteiger charge is 2.25. The molecular weight excluding hydrogens is 325 g/mol. The highest BCUT2D eigenvalue weighted by atomic mass is 19.1. The molecule has 0 unspecified atom stereocenters. The molecule has 0 radical (unpaired) electrons. The molecule has 1 aliphatic rings. The summed E-state index contributed by atoms with van der Waals surface area (Å²) >= 11 is 0. The lowest BCUT2D eigenvalue weighted by Gasteiger charge is -2.32. The Labute approximate surface area is 153 Å². The van der Waals surface area contributed by atoms with E-state index in [1.807, 2.05) is 18.3 Å². The number of benzene rings is 2. The molecule has 4 rings (SSSR count). The molecule has 2 heterocycles. The predicted molar refractivity (Wildman–Crippen MR) is 102 cm³/mol. The van der Waals surface area contributed by atoms with E-state index in [1.165, 1.54) is 22.4 Å². The number of piperidine rings is 1. The quantitative estimate of drug-likeness (QED) is 0.726. The number of aryl methyl sites for hydroxylation is 1. The third-order valence-corrected chi connectivity index (χ3v) is 5.26. The van der Waals surface area contributed by atoms with Crippen molar-refractivity contribution in [2.75, 3.05) is 13.1 Å². The van der Waals surface area contributed by atoms with Crippen LogP contribution in [0.1, 0.15) is 35.6 Å². The molecule has 2 aromatic carbocycles. The summed E-state index contributed by atoms with van der Waals surface area (Å²) in [5.41, 5.74) is 5.62. The summed E-state index contributed by atoms with van der Waals surface area (Å²) in [4.78, 5) is 2.35. The van der Waals surface area contributed by atoms with Crippen molar-refractivity contribution in [1.82, 2.24) is 15.1 Å². The standard InChI is InChI=1S/C22H24FN3/c1-16-6-4-8-17(12-16)20-13-24-25-22(20)19-9-5-11-26(15-19)14-18-7-2-3-10-21(18)23/h2-4,6-8,10,12-13,19H,5,9,11,14-15H2,1H3,(H,24,25)/t19-/m0/s1. The summed E-state index contributed by atoms with van der Waals surface area (Å²) in [5, 5.41) is 7.56. The van der Waals surface area contributed by atoms with Crippen LogP contribution in [-0.4, -0.2) is 28.2 Å². The van der Waals surface area contributed by atoms with Gasteiger partial charge in [0.25, 0.3) is 0 Å². The molecule has 3 nitrogen and oxygen atoms in total. The van der Waals surface area contributed by atoms with Crippen molar-refractivity contribution in [3.63, 3.8) is 0 Å². The fourth-order valence-corrected chi connectivity index (χ4v) is 3.95. The highest BCUT2D eigenvalue weighted by Crippen LogP contribution is 2.33. The minimum Gasteiger partial charge on any atom is -0.298 e. The van der Waals surface area contributed by atoms with Crippen LogP contribution in [0.4, 0.5) is 4.39 Å². The van der Waals surface area contributed by atoms with Gasteiger partial charge in [-0.15, -0.1) is 0 Å². The molecule has 1 saturated heterocycles. The van der Waals surface area contributed by atoms with Crippen LogP contribution in [0.25, 0.3) is 11.1 Å². The molecule has 1 aliphatic heterocycles. The van der Waals surface area contributed by atoms with Crippen molar-refractivity contribution in [3.05, 3.63) is 77.4 Å². The molecule has 1 N–H and O–H groups in total. The summed E-state index contributed by atoms with van der Waals surface area (Å²) in [7, 11) is 0. The Balaban J connectivity index is 1.54. The lowest BCUT2D eigenvalue weighted by Crippen LogP contribution is -2.34. The second-order valence-electron chi connectivity index (χ2n) is 7.23. The van der Waals surface area contributed by atoms with E-state index in [9.17, 15) is 4.39 Å². The maximum atomic E-state index is 14.0. The van der Waals surface area contributed by atoms with Gasteiger partial charge in [-0.25, -0.2) is 4.39 Å². The average molecular weight is 349 g/mol. The molecule has 0 aliphatic carbocycles. The van der Waals surface area contributed by atoms with Crippen LogP contribution in [0.5, 0.6) is 0 Å². The molecule has 4 heteroatoms. The minimum atomic E-state index is -0.114. The number of nitrogens with one attached hydrogen (secondary N) is 1. The first-order valence-electron chi connectivity index (χ1n) is 9.27. The summed E-state index contributed by atoms with van der Waals surface area (Å²) in [5.74, 6) is 0.283. The molecule has 3 aromatic rings. The number of likely N-dealkylation sites (tertiary alicyclic amines) is 1. The third-order valence-electron chi connectivity index (χ3n) is 5.26. The molecule has 26 heavy (non-hydrogen) atoms. The zero-order chi connectivity index (χ0) is 17.9. The Morgan fingerprint density at radius 1 is 1.19 bits per heavy atom. The number of halogens is 1. The molecule has 0 amide bonds. The van der Waals surface area contributed by atoms with Crippen molar-refractivity contribution >= 4 is 0 Å². The van der Waals surface area contributed by atoms with Crippen LogP contribution >= 0.6 is 0 Å². The second kappa shape index (κ2) is 7.42. The first-order valence-corrected chi connectivity index (χ1v) is 9.27. The number of aromatic amines is 1. The van der Waals surface area contributed by atoms with E-state index in [-0.39, 0.29) is 5.82 Å². The number of H-pyrrole nitrogens is 1. The number of aromatic nitrogens is 2. The largest absolute Gasteiger partial charge is 0.298 e. The van der Waals surface area contributed by atoms with E-state index in [2.05, 4.69) is 46.3 Å². The highest BCUT2D eigenvalue weighted by molar-refractivity contribution is 5.66. The van der Waals surface area contributed by atoms with Crippen molar-refractivity contribution < 1.29 is 4.39 Å². The van der Waals surface area contributed by atoms with E-state index in [0.717, 1.165) is 31.5 Å². The Morgan fingerprint density at radius 3 is 2.92 bits per heavy atom. The first-order chi connectivity index (χ1) is 12.7. The van der Waals surface area contributed by atoms with Gasteiger partial charge >= 0.3 is 0 Å². The predicted octanol–water partition coefficient (Wildman–Crippen LogP) is 4.90. The van der Waals surface area contributed by atoms with Crippen molar-refractivity contribution in [2.24, 2.45) is 0 Å². The van der Waals surface area contributed by atoms with E-state index in [1.54, 1.807) is 12.1 Å². The fourth-order valence-electron chi connectivity index (χ4n) is 3.95. The SMILES string of the molecule is Cc1cccc(-c2cn[nH]c2[C@H]2CCCN(Cc3ccccc3F)C2)c1. The lowest BCUT2D eigenvalue weighted by molar-refractivity contribution is 0.196. The lowest BCUT2D eigenvalue weighted by atomic mass is 9.90. The molecular formula is C22H24FN3. The summed E-state index contributed by atoms with van der Waals surface area (Å²) in [6, 6.07) is 15.6. The number of rotatable bonds is 4. The van der Waals surface area contributed by atoms with Gasteiger partial charge in [-0.2, -0.15) is 5.10 Å². The monoisotopic (exact) mass is 349 g/mol. The minimum absolute atomic E-state index is 0.114. The summed E-state index contributed by atoms with van der Waals surface area (Å²) in [6.07, 6.45) is 4.18. The zero-order valence-corrected chi connectivity index (χ0v) is 15.1. The van der Waals surface area contributed by atoms with E-state index in [0.29, 0.717) is 12.5 Å². The maximum Gasteiger partial charge on any atom is 0.127 e. The Hall–Kier alpha value is -2.46. The van der Waals surface area contributed by atoms with Crippen molar-refractivity contribution in [1.29, 1.82) is 0 Å². The Kier molecular flexibility index (Phi) is 4.85. The molecule has 1 atom stereocenters. The van der Waals surface area contributed by atoms with Gasteiger partial charge in [-0.3, -0.25) is 10.00 Å². The third kappa shape index (κ3) is 3.56. The first kappa shape index (κ1) is 17.0. The van der Waals surface area contributed by atoms with Gasteiger partial charge in [0.1, 0.15) is 5.82 Å². The number of hydrogen-bond donors (Lipinski definition) is 1. The van der Waals surface area contributed by atoms with Crippen molar-refractivity contribution in [2.45, 2.75) is 32.2 Å². The topological polar surface area (TPSA) is 31.9 Å². The molecule has 0 saturated carbocycles. The molecule has 1 aromatic heterocycles. The van der Waals surface area contributed by atoms with E-state index < -0.39 is 0 Å². The van der Waals surface area contributed by atoms with Gasteiger partial charge in [0.05, 0.1) is 6.20 Å². The maximum absolute atomic E-state index is 14.0. The molecule has 0 bridgehead atoms.